The first kappa shape index (κ1) is 25.2. The van der Waals surface area contributed by atoms with Crippen LogP contribution in [-0.4, -0.2) is 103 Å². The lowest BCUT2D eigenvalue weighted by Crippen LogP contribution is -2.55. The van der Waals surface area contributed by atoms with Gasteiger partial charge in [0.15, 0.2) is 5.78 Å². The van der Waals surface area contributed by atoms with Crippen molar-refractivity contribution in [3.05, 3.63) is 29.8 Å². The maximum absolute atomic E-state index is 13.7. The minimum absolute atomic E-state index is 0.0120. The molecule has 5 rings (SSSR count). The van der Waals surface area contributed by atoms with Crippen molar-refractivity contribution in [1.82, 2.24) is 15.1 Å². The van der Waals surface area contributed by atoms with E-state index in [0.29, 0.717) is 5.56 Å². The van der Waals surface area contributed by atoms with Crippen LogP contribution in [0.2, 0.25) is 0 Å². The summed E-state index contributed by atoms with van der Waals surface area (Å²) in [6, 6.07) is 6.11. The third-order valence-corrected chi connectivity index (χ3v) is 8.43. The number of ether oxygens (including phenoxy) is 1. The van der Waals surface area contributed by atoms with Gasteiger partial charge in [-0.1, -0.05) is 26.2 Å². The molecular weight excluding hydrogens is 460 g/mol. The molecular formula is C27H38N4O5. The lowest BCUT2D eigenvalue weighted by Gasteiger charge is -2.35. The average Bonchev–Trinajstić information content (AvgIpc) is 3.47. The Hall–Kier alpha value is -2.49. The summed E-state index contributed by atoms with van der Waals surface area (Å²) in [5, 5.41) is 13.4. The summed E-state index contributed by atoms with van der Waals surface area (Å²) < 4.78 is 5.44. The Labute approximate surface area is 212 Å². The number of hydrogen-bond donors (Lipinski definition) is 2. The predicted octanol–water partition coefficient (Wildman–Crippen LogP) is 1.05. The number of β-amino-alcohol motifs (C(OH)–C–C–N with tert-alkyl or cyclic N) is 1. The second-order valence-corrected chi connectivity index (χ2v) is 10.6. The van der Waals surface area contributed by atoms with Gasteiger partial charge >= 0.3 is 0 Å². The topological polar surface area (TPSA) is 102 Å². The zero-order chi connectivity index (χ0) is 25.2. The van der Waals surface area contributed by atoms with Crippen molar-refractivity contribution >= 4 is 23.3 Å². The van der Waals surface area contributed by atoms with E-state index in [-0.39, 0.29) is 36.7 Å². The summed E-state index contributed by atoms with van der Waals surface area (Å²) in [4.78, 5) is 45.7. The van der Waals surface area contributed by atoms with E-state index in [1.54, 1.807) is 0 Å². The molecule has 36 heavy (non-hydrogen) atoms. The van der Waals surface area contributed by atoms with Crippen LogP contribution in [0.1, 0.15) is 49.4 Å². The number of nitrogens with one attached hydrogen (secondary N) is 1. The first-order valence-corrected chi connectivity index (χ1v) is 13.5. The van der Waals surface area contributed by atoms with Crippen LogP contribution in [0.5, 0.6) is 0 Å². The average molecular weight is 499 g/mol. The van der Waals surface area contributed by atoms with Crippen molar-refractivity contribution in [2.24, 2.45) is 5.92 Å². The molecule has 0 radical (unpaired) electrons. The fraction of sp³-hybridized carbons (Fsp3) is 0.667. The second kappa shape index (κ2) is 10.9. The van der Waals surface area contributed by atoms with Gasteiger partial charge in [-0.25, -0.2) is 0 Å². The molecule has 4 atom stereocenters. The molecule has 1 aromatic carbocycles. The number of likely N-dealkylation sites (N-methyl/N-ethyl adjacent to an activating group) is 1. The number of aliphatic hydroxyl groups is 1. The molecule has 1 aliphatic carbocycles. The van der Waals surface area contributed by atoms with Crippen molar-refractivity contribution in [3.63, 3.8) is 0 Å². The number of fused-ring (bicyclic) bond motifs is 1. The Bertz CT molecular complexity index is 955. The maximum Gasteiger partial charge on any atom is 0.251 e. The molecule has 4 fully saturated rings. The summed E-state index contributed by atoms with van der Waals surface area (Å²) in [5.74, 6) is -0.746. The van der Waals surface area contributed by atoms with E-state index in [1.165, 1.54) is 4.90 Å². The normalized spacial score (nSPS) is 28.3. The monoisotopic (exact) mass is 498 g/mol. The highest BCUT2D eigenvalue weighted by molar-refractivity contribution is 5.99. The van der Waals surface area contributed by atoms with Crippen LogP contribution in [0.25, 0.3) is 0 Å². The number of carbonyl (C=O) groups excluding carboxylic acids is 3. The van der Waals surface area contributed by atoms with Gasteiger partial charge < -0.3 is 29.9 Å². The van der Waals surface area contributed by atoms with E-state index < -0.39 is 24.3 Å². The number of ketones is 1. The Balaban J connectivity index is 1.29. The molecule has 1 aromatic rings. The minimum Gasteiger partial charge on any atom is -0.388 e. The molecule has 2 amide bonds. The maximum atomic E-state index is 13.7. The number of nitrogens with zero attached hydrogens (tertiary/aromatic N) is 3. The fourth-order valence-electron chi connectivity index (χ4n) is 6.25. The van der Waals surface area contributed by atoms with Crippen molar-refractivity contribution in [1.29, 1.82) is 0 Å². The molecule has 0 spiro atoms. The summed E-state index contributed by atoms with van der Waals surface area (Å²) in [5.41, 5.74) is 1.61. The molecule has 9 heteroatoms. The van der Waals surface area contributed by atoms with Crippen LogP contribution < -0.4 is 10.2 Å². The van der Waals surface area contributed by atoms with E-state index in [1.807, 2.05) is 24.3 Å². The molecule has 4 aliphatic rings. The van der Waals surface area contributed by atoms with Crippen molar-refractivity contribution in [3.8, 4) is 0 Å². The molecule has 3 aliphatic heterocycles. The number of amides is 2. The molecule has 1 saturated carbocycles. The van der Waals surface area contributed by atoms with E-state index in [2.05, 4.69) is 22.0 Å². The van der Waals surface area contributed by atoms with Crippen LogP contribution in [0.15, 0.2) is 24.3 Å². The lowest BCUT2D eigenvalue weighted by atomic mass is 9.83. The number of aliphatic hydroxyl groups excluding tert-OH is 1. The van der Waals surface area contributed by atoms with Crippen LogP contribution in [0.3, 0.4) is 0 Å². The highest BCUT2D eigenvalue weighted by Gasteiger charge is 2.53. The number of benzene rings is 1. The van der Waals surface area contributed by atoms with Gasteiger partial charge in [0.05, 0.1) is 6.54 Å². The van der Waals surface area contributed by atoms with Gasteiger partial charge in [-0.3, -0.25) is 14.4 Å². The van der Waals surface area contributed by atoms with Crippen LogP contribution in [-0.2, 0) is 14.3 Å². The zero-order valence-corrected chi connectivity index (χ0v) is 21.1. The van der Waals surface area contributed by atoms with E-state index in [9.17, 15) is 19.5 Å². The number of anilines is 1. The first-order valence-electron chi connectivity index (χ1n) is 13.5. The molecule has 9 nitrogen and oxygen atoms in total. The number of likely N-dealkylation sites (tertiary alicyclic amines) is 1. The minimum atomic E-state index is -0.889. The SMILES string of the molecule is CCN1CCN(c2ccc(C(=O)N[C@H](C(=O)N3C[C@@H](O)[C@H]4OCC(=O)[C@H]43)C3CCCCC3)cc2)CC1. The van der Waals surface area contributed by atoms with Gasteiger partial charge in [0.2, 0.25) is 5.91 Å². The van der Waals surface area contributed by atoms with Gasteiger partial charge in [-0.05, 0) is 49.6 Å². The molecule has 196 valence electrons. The van der Waals surface area contributed by atoms with Crippen molar-refractivity contribution in [2.45, 2.75) is 63.3 Å². The number of Topliss-reactive ketones (excluding diaryl/α,β-unsaturated/α-hetero) is 1. The smallest absolute Gasteiger partial charge is 0.251 e. The predicted molar refractivity (Wildman–Crippen MR) is 135 cm³/mol. The van der Waals surface area contributed by atoms with Crippen molar-refractivity contribution in [2.75, 3.05) is 50.8 Å². The number of rotatable bonds is 6. The molecule has 3 heterocycles. The summed E-state index contributed by atoms with van der Waals surface area (Å²) in [6.07, 6.45) is 3.31. The standard InChI is InChI=1S/C27H38N4O5/c1-2-29-12-14-30(15-13-29)20-10-8-19(9-11-20)26(34)28-23(18-6-4-3-5-7-18)27(35)31-16-21(32)25-24(31)22(33)17-36-25/h8-11,18,21,23-25,32H,2-7,12-17H2,1H3,(H,28,34)/t21-,23+,24-,25-/m1/s1. The summed E-state index contributed by atoms with van der Waals surface area (Å²) >= 11 is 0. The molecule has 0 bridgehead atoms. The number of piperazine rings is 1. The quantitative estimate of drug-likeness (QED) is 0.604. The largest absolute Gasteiger partial charge is 0.388 e. The van der Waals surface area contributed by atoms with Crippen molar-refractivity contribution < 1.29 is 24.2 Å². The summed E-state index contributed by atoms with van der Waals surface area (Å²) in [6.45, 7) is 7.20. The number of carbonyl (C=O) groups is 3. The Kier molecular flexibility index (Phi) is 7.60. The van der Waals surface area contributed by atoms with Gasteiger partial charge in [-0.15, -0.1) is 0 Å². The molecule has 0 unspecified atom stereocenters. The summed E-state index contributed by atoms with van der Waals surface area (Å²) in [7, 11) is 0. The van der Waals surface area contributed by atoms with E-state index in [0.717, 1.165) is 70.5 Å². The lowest BCUT2D eigenvalue weighted by molar-refractivity contribution is -0.139. The molecule has 2 N–H and O–H groups in total. The van der Waals surface area contributed by atoms with Gasteiger partial charge in [0.1, 0.15) is 30.9 Å². The molecule has 0 aromatic heterocycles. The van der Waals surface area contributed by atoms with E-state index in [4.69, 9.17) is 4.74 Å². The first-order chi connectivity index (χ1) is 17.5. The van der Waals surface area contributed by atoms with Crippen LogP contribution in [0.4, 0.5) is 5.69 Å². The third-order valence-electron chi connectivity index (χ3n) is 8.43. The van der Waals surface area contributed by atoms with Gasteiger partial charge in [0.25, 0.3) is 5.91 Å². The highest BCUT2D eigenvalue weighted by atomic mass is 16.5. The molecule has 3 saturated heterocycles. The fourth-order valence-corrected chi connectivity index (χ4v) is 6.25. The van der Waals surface area contributed by atoms with E-state index >= 15 is 0 Å². The van der Waals surface area contributed by atoms with Crippen LogP contribution in [0, 0.1) is 5.92 Å². The van der Waals surface area contributed by atoms with Gasteiger partial charge in [-0.2, -0.15) is 0 Å². The Morgan fingerprint density at radius 2 is 1.78 bits per heavy atom. The number of hydrogen-bond acceptors (Lipinski definition) is 7. The highest BCUT2D eigenvalue weighted by Crippen LogP contribution is 2.32. The Morgan fingerprint density at radius 3 is 2.44 bits per heavy atom. The zero-order valence-electron chi connectivity index (χ0n) is 21.1. The second-order valence-electron chi connectivity index (χ2n) is 10.6. The third kappa shape index (κ3) is 5.01. The van der Waals surface area contributed by atoms with Crippen LogP contribution >= 0.6 is 0 Å². The van der Waals surface area contributed by atoms with Gasteiger partial charge in [0, 0.05) is 37.4 Å². The Morgan fingerprint density at radius 1 is 1.08 bits per heavy atom.